The van der Waals surface area contributed by atoms with Crippen LogP contribution in [0.2, 0.25) is 5.02 Å². The maximum Gasteiger partial charge on any atom is 0.261 e. The maximum atomic E-state index is 12.7. The fourth-order valence-electron chi connectivity index (χ4n) is 2.90. The second-order valence-electron chi connectivity index (χ2n) is 5.74. The van der Waals surface area contributed by atoms with E-state index < -0.39 is 6.04 Å². The Labute approximate surface area is 156 Å². The topological polar surface area (TPSA) is 67.9 Å². The van der Waals surface area contributed by atoms with Crippen LogP contribution in [0.25, 0.3) is 0 Å². The summed E-state index contributed by atoms with van der Waals surface area (Å²) in [5.41, 5.74) is 0.594. The van der Waals surface area contributed by atoms with E-state index in [1.165, 1.54) is 12.0 Å². The summed E-state index contributed by atoms with van der Waals surface area (Å²) >= 11 is 6.24. The highest BCUT2D eigenvalue weighted by Crippen LogP contribution is 2.30. The lowest BCUT2D eigenvalue weighted by molar-refractivity contribution is -0.145. The Bertz CT molecular complexity index is 812. The smallest absolute Gasteiger partial charge is 0.261 e. The molecule has 0 saturated carbocycles. The number of nitrogens with one attached hydrogen (secondary N) is 1. The van der Waals surface area contributed by atoms with Crippen molar-refractivity contribution in [2.45, 2.75) is 6.04 Å². The average Bonchev–Trinajstić information content (AvgIpc) is 2.67. The lowest BCUT2D eigenvalue weighted by Gasteiger charge is -2.35. The van der Waals surface area contributed by atoms with Crippen molar-refractivity contribution in [3.05, 3.63) is 59.1 Å². The van der Waals surface area contributed by atoms with Crippen LogP contribution in [0.4, 0.5) is 0 Å². The highest BCUT2D eigenvalue weighted by Gasteiger charge is 2.35. The van der Waals surface area contributed by atoms with Gasteiger partial charge in [-0.2, -0.15) is 0 Å². The fraction of sp³-hybridized carbons (Fsp3) is 0.263. The summed E-state index contributed by atoms with van der Waals surface area (Å²) < 4.78 is 10.8. The van der Waals surface area contributed by atoms with E-state index in [1.807, 2.05) is 6.07 Å². The predicted molar refractivity (Wildman–Crippen MR) is 97.4 cm³/mol. The molecule has 0 aromatic heterocycles. The molecule has 1 fully saturated rings. The van der Waals surface area contributed by atoms with Gasteiger partial charge in [0.2, 0.25) is 5.91 Å². The van der Waals surface area contributed by atoms with E-state index in [0.29, 0.717) is 35.2 Å². The number of carbonyl (C=O) groups is 2. The summed E-state index contributed by atoms with van der Waals surface area (Å²) in [5, 5.41) is 3.23. The molecule has 0 spiro atoms. The van der Waals surface area contributed by atoms with Crippen molar-refractivity contribution < 1.29 is 19.1 Å². The molecule has 1 heterocycles. The Morgan fingerprint density at radius 1 is 1.19 bits per heavy atom. The first-order valence-electron chi connectivity index (χ1n) is 8.19. The molecule has 2 amide bonds. The van der Waals surface area contributed by atoms with E-state index >= 15 is 0 Å². The van der Waals surface area contributed by atoms with Crippen molar-refractivity contribution in [2.24, 2.45) is 0 Å². The van der Waals surface area contributed by atoms with Gasteiger partial charge in [-0.15, -0.1) is 0 Å². The molecular formula is C19H19ClN2O4. The van der Waals surface area contributed by atoms with Gasteiger partial charge in [0.1, 0.15) is 6.04 Å². The van der Waals surface area contributed by atoms with Crippen LogP contribution in [0.15, 0.2) is 48.5 Å². The Hall–Kier alpha value is -2.73. The minimum absolute atomic E-state index is 0.200. The van der Waals surface area contributed by atoms with Crippen LogP contribution in [-0.4, -0.2) is 43.5 Å². The summed E-state index contributed by atoms with van der Waals surface area (Å²) in [7, 11) is 1.53. The van der Waals surface area contributed by atoms with Crippen molar-refractivity contribution in [1.29, 1.82) is 0 Å². The van der Waals surface area contributed by atoms with Gasteiger partial charge in [0.05, 0.1) is 7.11 Å². The van der Waals surface area contributed by atoms with E-state index in [4.69, 9.17) is 21.1 Å². The van der Waals surface area contributed by atoms with Crippen LogP contribution in [0.3, 0.4) is 0 Å². The van der Waals surface area contributed by atoms with Gasteiger partial charge in [0, 0.05) is 23.7 Å². The highest BCUT2D eigenvalue weighted by molar-refractivity contribution is 6.31. The Balaban J connectivity index is 1.78. The molecule has 26 heavy (non-hydrogen) atoms. The third-order valence-electron chi connectivity index (χ3n) is 4.15. The second-order valence-corrected chi connectivity index (χ2v) is 6.15. The average molecular weight is 375 g/mol. The number of piperazine rings is 1. The molecule has 7 heteroatoms. The van der Waals surface area contributed by atoms with Gasteiger partial charge in [-0.3, -0.25) is 9.59 Å². The van der Waals surface area contributed by atoms with E-state index in [-0.39, 0.29) is 18.4 Å². The van der Waals surface area contributed by atoms with Crippen molar-refractivity contribution in [1.82, 2.24) is 10.2 Å². The van der Waals surface area contributed by atoms with Crippen LogP contribution in [0.1, 0.15) is 11.6 Å². The number of hydrogen-bond acceptors (Lipinski definition) is 4. The van der Waals surface area contributed by atoms with Gasteiger partial charge in [-0.05, 0) is 18.2 Å². The number of nitrogens with zero attached hydrogens (tertiary/aromatic N) is 1. The summed E-state index contributed by atoms with van der Waals surface area (Å²) in [6.45, 7) is 0.574. The van der Waals surface area contributed by atoms with E-state index in [1.54, 1.807) is 42.5 Å². The first kappa shape index (κ1) is 18.1. The number of halogens is 1. The Morgan fingerprint density at radius 2 is 1.88 bits per heavy atom. The number of hydrogen-bond donors (Lipinski definition) is 1. The molecule has 1 N–H and O–H groups in total. The minimum atomic E-state index is -0.772. The zero-order valence-electron chi connectivity index (χ0n) is 14.3. The molecule has 0 bridgehead atoms. The number of amides is 2. The number of carbonyl (C=O) groups excluding carboxylic acids is 2. The first-order chi connectivity index (χ1) is 12.6. The standard InChI is InChI=1S/C19H19ClN2O4/c1-25-15-8-4-5-9-16(15)26-12-17(23)22-11-10-21-19(24)18(22)13-6-2-3-7-14(13)20/h2-9,18H,10-12H2,1H3,(H,21,24). The molecule has 3 rings (SSSR count). The molecule has 1 unspecified atom stereocenters. The van der Waals surface area contributed by atoms with Gasteiger partial charge in [0.25, 0.3) is 5.91 Å². The number of methoxy groups -OCH3 is 1. The summed E-state index contributed by atoms with van der Waals surface area (Å²) in [6.07, 6.45) is 0. The van der Waals surface area contributed by atoms with Crippen LogP contribution >= 0.6 is 11.6 Å². The van der Waals surface area contributed by atoms with Crippen molar-refractivity contribution in [3.8, 4) is 11.5 Å². The molecular weight excluding hydrogens is 356 g/mol. The molecule has 2 aromatic carbocycles. The molecule has 1 aliphatic heterocycles. The molecule has 2 aromatic rings. The molecule has 1 aliphatic rings. The van der Waals surface area contributed by atoms with Gasteiger partial charge < -0.3 is 19.7 Å². The third kappa shape index (κ3) is 3.75. The SMILES string of the molecule is COc1ccccc1OCC(=O)N1CCNC(=O)C1c1ccccc1Cl. The summed E-state index contributed by atoms with van der Waals surface area (Å²) in [4.78, 5) is 26.7. The van der Waals surface area contributed by atoms with Crippen LogP contribution in [0, 0.1) is 0 Å². The molecule has 0 aliphatic carbocycles. The van der Waals surface area contributed by atoms with Crippen LogP contribution in [-0.2, 0) is 9.59 Å². The van der Waals surface area contributed by atoms with Gasteiger partial charge in [-0.1, -0.05) is 41.9 Å². The quantitative estimate of drug-likeness (QED) is 0.872. The van der Waals surface area contributed by atoms with E-state index in [2.05, 4.69) is 5.32 Å². The minimum Gasteiger partial charge on any atom is -0.493 e. The number of para-hydroxylation sites is 2. The molecule has 1 atom stereocenters. The largest absolute Gasteiger partial charge is 0.493 e. The molecule has 0 radical (unpaired) electrons. The Morgan fingerprint density at radius 3 is 2.62 bits per heavy atom. The van der Waals surface area contributed by atoms with Gasteiger partial charge in [0.15, 0.2) is 18.1 Å². The zero-order chi connectivity index (χ0) is 18.5. The summed E-state index contributed by atoms with van der Waals surface area (Å²) in [5.74, 6) is 0.462. The third-order valence-corrected chi connectivity index (χ3v) is 4.50. The molecule has 1 saturated heterocycles. The van der Waals surface area contributed by atoms with Crippen molar-refractivity contribution in [3.63, 3.8) is 0 Å². The summed E-state index contributed by atoms with van der Waals surface area (Å²) in [6, 6.07) is 13.3. The predicted octanol–water partition coefficient (Wildman–Crippen LogP) is 2.43. The lowest BCUT2D eigenvalue weighted by Crippen LogP contribution is -2.53. The lowest BCUT2D eigenvalue weighted by atomic mass is 10.0. The van der Waals surface area contributed by atoms with E-state index in [9.17, 15) is 9.59 Å². The second kappa shape index (κ2) is 8.10. The molecule has 6 nitrogen and oxygen atoms in total. The van der Waals surface area contributed by atoms with E-state index in [0.717, 1.165) is 0 Å². The van der Waals surface area contributed by atoms with Gasteiger partial charge in [-0.25, -0.2) is 0 Å². The highest BCUT2D eigenvalue weighted by atomic mass is 35.5. The normalized spacial score (nSPS) is 16.8. The first-order valence-corrected chi connectivity index (χ1v) is 8.57. The van der Waals surface area contributed by atoms with Crippen molar-refractivity contribution in [2.75, 3.05) is 26.8 Å². The monoisotopic (exact) mass is 374 g/mol. The van der Waals surface area contributed by atoms with Gasteiger partial charge >= 0.3 is 0 Å². The van der Waals surface area contributed by atoms with Crippen LogP contribution < -0.4 is 14.8 Å². The fourth-order valence-corrected chi connectivity index (χ4v) is 3.14. The van der Waals surface area contributed by atoms with Crippen molar-refractivity contribution >= 4 is 23.4 Å². The Kier molecular flexibility index (Phi) is 5.63. The maximum absolute atomic E-state index is 12.7. The molecule has 136 valence electrons. The zero-order valence-corrected chi connectivity index (χ0v) is 15.0. The van der Waals surface area contributed by atoms with Crippen LogP contribution in [0.5, 0.6) is 11.5 Å². The number of ether oxygens (including phenoxy) is 2. The number of rotatable bonds is 5. The number of benzene rings is 2.